The lowest BCUT2D eigenvalue weighted by molar-refractivity contribution is 0.416. The van der Waals surface area contributed by atoms with Gasteiger partial charge in [0.05, 0.1) is 0 Å². The van der Waals surface area contributed by atoms with E-state index in [1.165, 1.54) is 30.7 Å². The predicted octanol–water partition coefficient (Wildman–Crippen LogP) is 3.06. The van der Waals surface area contributed by atoms with E-state index in [0.717, 1.165) is 13.0 Å². The fraction of sp³-hybridized carbons (Fsp3) is 0.500. The van der Waals surface area contributed by atoms with Gasteiger partial charge in [-0.3, -0.25) is 0 Å². The lowest BCUT2D eigenvalue weighted by Gasteiger charge is -2.25. The average molecular weight is 283 g/mol. The minimum absolute atomic E-state index is 0.481. The molecule has 1 heterocycles. The predicted molar refractivity (Wildman–Crippen MR) is 86.5 cm³/mol. The van der Waals surface area contributed by atoms with Crippen LogP contribution in [0.15, 0.2) is 36.7 Å². The standard InChI is InChI=1S/C18H25N3/c1-3-10-19-17(13-18-20-11-12-21(18)2)16-9-8-14-6-4-5-7-15(14)16/h4-7,11-12,16-17,19H,3,8-10,13H2,1-2H3. The van der Waals surface area contributed by atoms with Gasteiger partial charge in [-0.1, -0.05) is 31.2 Å². The molecule has 2 atom stereocenters. The SMILES string of the molecule is CCCNC(Cc1nccn1C)C1CCc2ccccc21. The summed E-state index contributed by atoms with van der Waals surface area (Å²) in [7, 11) is 2.09. The summed E-state index contributed by atoms with van der Waals surface area (Å²) < 4.78 is 2.14. The zero-order valence-corrected chi connectivity index (χ0v) is 13.0. The van der Waals surface area contributed by atoms with E-state index in [4.69, 9.17) is 0 Å². The zero-order chi connectivity index (χ0) is 14.7. The first-order chi connectivity index (χ1) is 10.3. The molecule has 0 spiro atoms. The van der Waals surface area contributed by atoms with Crippen LogP contribution in [0.25, 0.3) is 0 Å². The third-order valence-electron chi connectivity index (χ3n) is 4.64. The molecule has 0 amide bonds. The van der Waals surface area contributed by atoms with Crippen LogP contribution in [0.2, 0.25) is 0 Å². The van der Waals surface area contributed by atoms with Crippen LogP contribution >= 0.6 is 0 Å². The molecule has 0 bridgehead atoms. The third-order valence-corrected chi connectivity index (χ3v) is 4.64. The number of fused-ring (bicyclic) bond motifs is 1. The van der Waals surface area contributed by atoms with Gasteiger partial charge >= 0.3 is 0 Å². The molecule has 2 aromatic rings. The van der Waals surface area contributed by atoms with Crippen LogP contribution in [0.5, 0.6) is 0 Å². The first-order valence-corrected chi connectivity index (χ1v) is 8.07. The molecular weight excluding hydrogens is 258 g/mol. The minimum atomic E-state index is 0.481. The molecule has 1 aliphatic rings. The maximum absolute atomic E-state index is 4.51. The molecule has 3 rings (SSSR count). The number of imidazole rings is 1. The third kappa shape index (κ3) is 3.03. The minimum Gasteiger partial charge on any atom is -0.338 e. The molecule has 0 saturated carbocycles. The highest BCUT2D eigenvalue weighted by molar-refractivity contribution is 5.36. The lowest BCUT2D eigenvalue weighted by atomic mass is 9.90. The van der Waals surface area contributed by atoms with Gasteiger partial charge in [-0.15, -0.1) is 0 Å². The van der Waals surface area contributed by atoms with Crippen molar-refractivity contribution in [1.82, 2.24) is 14.9 Å². The summed E-state index contributed by atoms with van der Waals surface area (Å²) in [5.41, 5.74) is 3.07. The maximum atomic E-state index is 4.51. The summed E-state index contributed by atoms with van der Waals surface area (Å²) in [4.78, 5) is 4.51. The summed E-state index contributed by atoms with van der Waals surface area (Å²) >= 11 is 0. The number of aromatic nitrogens is 2. The number of aryl methyl sites for hydroxylation is 2. The van der Waals surface area contributed by atoms with Crippen LogP contribution in [0.3, 0.4) is 0 Å². The second kappa shape index (κ2) is 6.44. The van der Waals surface area contributed by atoms with Crippen molar-refractivity contribution in [2.45, 2.75) is 44.6 Å². The quantitative estimate of drug-likeness (QED) is 0.883. The Morgan fingerprint density at radius 1 is 1.38 bits per heavy atom. The first-order valence-electron chi connectivity index (χ1n) is 8.07. The molecule has 0 aliphatic heterocycles. The second-order valence-electron chi connectivity index (χ2n) is 6.06. The summed E-state index contributed by atoms with van der Waals surface area (Å²) in [6.07, 6.45) is 8.58. The van der Waals surface area contributed by atoms with Gasteiger partial charge in [0.1, 0.15) is 5.82 Å². The second-order valence-corrected chi connectivity index (χ2v) is 6.06. The smallest absolute Gasteiger partial charge is 0.109 e. The van der Waals surface area contributed by atoms with Gasteiger partial charge in [-0.05, 0) is 36.9 Å². The van der Waals surface area contributed by atoms with Crippen LogP contribution in [0.1, 0.15) is 42.6 Å². The molecule has 1 N–H and O–H groups in total. The zero-order valence-electron chi connectivity index (χ0n) is 13.0. The van der Waals surface area contributed by atoms with Gasteiger partial charge in [0.15, 0.2) is 0 Å². The summed E-state index contributed by atoms with van der Waals surface area (Å²) in [6.45, 7) is 3.31. The van der Waals surface area contributed by atoms with Crippen molar-refractivity contribution in [2.24, 2.45) is 7.05 Å². The molecule has 0 fully saturated rings. The van der Waals surface area contributed by atoms with Gasteiger partial charge < -0.3 is 9.88 Å². The first kappa shape index (κ1) is 14.3. The molecule has 3 nitrogen and oxygen atoms in total. The van der Waals surface area contributed by atoms with Crippen molar-refractivity contribution >= 4 is 0 Å². The summed E-state index contributed by atoms with van der Waals surface area (Å²) in [6, 6.07) is 9.41. The van der Waals surface area contributed by atoms with Crippen LogP contribution in [-0.2, 0) is 19.9 Å². The molecule has 1 aromatic heterocycles. The molecule has 2 unspecified atom stereocenters. The Kier molecular flexibility index (Phi) is 4.39. The highest BCUT2D eigenvalue weighted by Gasteiger charge is 2.29. The number of hydrogen-bond acceptors (Lipinski definition) is 2. The molecule has 112 valence electrons. The van der Waals surface area contributed by atoms with Crippen LogP contribution in [0, 0.1) is 0 Å². The van der Waals surface area contributed by atoms with Gasteiger partial charge in [-0.2, -0.15) is 0 Å². The van der Waals surface area contributed by atoms with E-state index >= 15 is 0 Å². The largest absolute Gasteiger partial charge is 0.338 e. The van der Waals surface area contributed by atoms with Gasteiger partial charge in [0.2, 0.25) is 0 Å². The van der Waals surface area contributed by atoms with Crippen LogP contribution < -0.4 is 5.32 Å². The van der Waals surface area contributed by atoms with Gasteiger partial charge in [0, 0.05) is 37.8 Å². The van der Waals surface area contributed by atoms with Crippen molar-refractivity contribution in [3.05, 3.63) is 53.6 Å². The summed E-state index contributed by atoms with van der Waals surface area (Å²) in [5, 5.41) is 3.76. The Balaban J connectivity index is 1.81. The highest BCUT2D eigenvalue weighted by atomic mass is 15.0. The van der Waals surface area contributed by atoms with E-state index in [1.807, 2.05) is 12.4 Å². The molecule has 3 heteroatoms. The summed E-state index contributed by atoms with van der Waals surface area (Å²) in [5.74, 6) is 1.79. The molecule has 0 radical (unpaired) electrons. The van der Waals surface area contributed by atoms with Gasteiger partial charge in [0.25, 0.3) is 0 Å². The maximum Gasteiger partial charge on any atom is 0.109 e. The fourth-order valence-electron chi connectivity index (χ4n) is 3.48. The van der Waals surface area contributed by atoms with E-state index in [2.05, 4.69) is 53.1 Å². The van der Waals surface area contributed by atoms with E-state index in [1.54, 1.807) is 5.56 Å². The van der Waals surface area contributed by atoms with Crippen molar-refractivity contribution < 1.29 is 0 Å². The van der Waals surface area contributed by atoms with Crippen molar-refractivity contribution in [3.8, 4) is 0 Å². The van der Waals surface area contributed by atoms with Gasteiger partial charge in [-0.25, -0.2) is 4.98 Å². The fourth-order valence-corrected chi connectivity index (χ4v) is 3.48. The number of rotatable bonds is 6. The van der Waals surface area contributed by atoms with E-state index in [9.17, 15) is 0 Å². The number of benzene rings is 1. The van der Waals surface area contributed by atoms with Crippen LogP contribution in [0.4, 0.5) is 0 Å². The Morgan fingerprint density at radius 2 is 2.24 bits per heavy atom. The number of nitrogens with one attached hydrogen (secondary N) is 1. The Morgan fingerprint density at radius 3 is 3.00 bits per heavy atom. The van der Waals surface area contributed by atoms with Crippen molar-refractivity contribution in [2.75, 3.05) is 6.54 Å². The molecular formula is C18H25N3. The molecule has 21 heavy (non-hydrogen) atoms. The molecule has 1 aromatic carbocycles. The monoisotopic (exact) mass is 283 g/mol. The lowest BCUT2D eigenvalue weighted by Crippen LogP contribution is -2.37. The van der Waals surface area contributed by atoms with Crippen molar-refractivity contribution in [1.29, 1.82) is 0 Å². The van der Waals surface area contributed by atoms with Crippen molar-refractivity contribution in [3.63, 3.8) is 0 Å². The highest BCUT2D eigenvalue weighted by Crippen LogP contribution is 2.36. The van der Waals surface area contributed by atoms with Crippen LogP contribution in [-0.4, -0.2) is 22.1 Å². The van der Waals surface area contributed by atoms with E-state index < -0.39 is 0 Å². The van der Waals surface area contributed by atoms with E-state index in [0.29, 0.717) is 12.0 Å². The Bertz CT molecular complexity index is 588. The topological polar surface area (TPSA) is 29.9 Å². The normalized spacial score (nSPS) is 18.7. The molecule has 1 aliphatic carbocycles. The number of nitrogens with zero attached hydrogens (tertiary/aromatic N) is 2. The number of hydrogen-bond donors (Lipinski definition) is 1. The Hall–Kier alpha value is -1.61. The average Bonchev–Trinajstić information content (AvgIpc) is 3.10. The van der Waals surface area contributed by atoms with E-state index in [-0.39, 0.29) is 0 Å². The molecule has 0 saturated heterocycles. The Labute approximate surface area is 127 Å².